The van der Waals surface area contributed by atoms with Gasteiger partial charge in [-0.2, -0.15) is 0 Å². The van der Waals surface area contributed by atoms with Gasteiger partial charge in [-0.05, 0) is 70.0 Å². The molecule has 0 spiro atoms. The van der Waals surface area contributed by atoms with Crippen LogP contribution < -0.4 is 9.47 Å². The highest BCUT2D eigenvalue weighted by Crippen LogP contribution is 2.29. The first kappa shape index (κ1) is 22.7. The summed E-state index contributed by atoms with van der Waals surface area (Å²) in [6.45, 7) is 9.22. The summed E-state index contributed by atoms with van der Waals surface area (Å²) in [6.07, 6.45) is 4.96. The standard InChI is InChI=1S/C25H32O4S/c1-5-6-7-21(15-26-22-10-8-18(2)9-11-22)17-30-23-12-13-24(19(3)14-23)27-16-25-28-20(4)29-25/h5-6,8-14,20-21,25H,7,15-17H2,1-4H3/b6-5-. The zero-order valence-corrected chi connectivity index (χ0v) is 19.1. The van der Waals surface area contributed by atoms with Crippen molar-refractivity contribution in [3.63, 3.8) is 0 Å². The minimum absolute atomic E-state index is 0.121. The van der Waals surface area contributed by atoms with Crippen LogP contribution in [0.5, 0.6) is 11.5 Å². The van der Waals surface area contributed by atoms with E-state index in [-0.39, 0.29) is 12.6 Å². The van der Waals surface area contributed by atoms with Crippen molar-refractivity contribution in [2.45, 2.75) is 51.6 Å². The molecule has 0 bridgehead atoms. The Bertz CT molecular complexity index is 812. The number of benzene rings is 2. The van der Waals surface area contributed by atoms with Gasteiger partial charge in [0.25, 0.3) is 0 Å². The molecule has 0 saturated carbocycles. The van der Waals surface area contributed by atoms with Crippen molar-refractivity contribution in [1.82, 2.24) is 0 Å². The zero-order chi connectivity index (χ0) is 21.3. The lowest BCUT2D eigenvalue weighted by atomic mass is 10.1. The van der Waals surface area contributed by atoms with Gasteiger partial charge in [0, 0.05) is 16.6 Å². The van der Waals surface area contributed by atoms with Crippen molar-refractivity contribution >= 4 is 11.8 Å². The average Bonchev–Trinajstić information content (AvgIpc) is 2.72. The first-order valence-electron chi connectivity index (χ1n) is 10.5. The molecule has 162 valence electrons. The van der Waals surface area contributed by atoms with E-state index in [0.717, 1.165) is 29.2 Å². The Kier molecular flexibility index (Phi) is 8.67. The summed E-state index contributed by atoms with van der Waals surface area (Å²) in [5.41, 5.74) is 2.36. The second-order valence-electron chi connectivity index (χ2n) is 7.61. The molecule has 2 aromatic rings. The van der Waals surface area contributed by atoms with Crippen LogP contribution in [0, 0.1) is 19.8 Å². The third-order valence-electron chi connectivity index (χ3n) is 4.91. The number of hydrogen-bond acceptors (Lipinski definition) is 5. The lowest BCUT2D eigenvalue weighted by molar-refractivity contribution is -0.380. The van der Waals surface area contributed by atoms with Crippen molar-refractivity contribution in [3.8, 4) is 11.5 Å². The lowest BCUT2D eigenvalue weighted by Gasteiger charge is -2.33. The maximum absolute atomic E-state index is 6.04. The molecular weight excluding hydrogens is 396 g/mol. The highest BCUT2D eigenvalue weighted by molar-refractivity contribution is 7.99. The molecule has 2 aromatic carbocycles. The van der Waals surface area contributed by atoms with E-state index in [1.165, 1.54) is 10.5 Å². The van der Waals surface area contributed by atoms with Crippen molar-refractivity contribution in [3.05, 3.63) is 65.7 Å². The molecule has 30 heavy (non-hydrogen) atoms. The third-order valence-corrected chi connectivity index (χ3v) is 6.13. The molecule has 4 nitrogen and oxygen atoms in total. The molecule has 1 saturated heterocycles. The van der Waals surface area contributed by atoms with Crippen LogP contribution in [0.4, 0.5) is 0 Å². The van der Waals surface area contributed by atoms with E-state index in [1.54, 1.807) is 0 Å². The van der Waals surface area contributed by atoms with Gasteiger partial charge in [-0.1, -0.05) is 29.8 Å². The number of aryl methyl sites for hydroxylation is 2. The van der Waals surface area contributed by atoms with Crippen LogP contribution >= 0.6 is 11.8 Å². The SMILES string of the molecule is C/C=C\CC(COc1ccc(C)cc1)CSc1ccc(OCC2OC(C)O2)c(C)c1. The van der Waals surface area contributed by atoms with E-state index in [2.05, 4.69) is 57.2 Å². The summed E-state index contributed by atoms with van der Waals surface area (Å²) in [5.74, 6) is 3.25. The van der Waals surface area contributed by atoms with Gasteiger partial charge < -0.3 is 18.9 Å². The first-order chi connectivity index (χ1) is 14.5. The molecule has 0 amide bonds. The third kappa shape index (κ3) is 7.08. The lowest BCUT2D eigenvalue weighted by Crippen LogP contribution is -2.42. The number of hydrogen-bond donors (Lipinski definition) is 0. The van der Waals surface area contributed by atoms with Crippen molar-refractivity contribution in [1.29, 1.82) is 0 Å². The summed E-state index contributed by atoms with van der Waals surface area (Å²) >= 11 is 1.86. The summed E-state index contributed by atoms with van der Waals surface area (Å²) in [4.78, 5) is 1.24. The molecule has 1 heterocycles. The topological polar surface area (TPSA) is 36.9 Å². The van der Waals surface area contributed by atoms with Crippen LogP contribution in [0.2, 0.25) is 0 Å². The van der Waals surface area contributed by atoms with Crippen LogP contribution in [-0.4, -0.2) is 31.5 Å². The zero-order valence-electron chi connectivity index (χ0n) is 18.3. The molecule has 0 aliphatic carbocycles. The quantitative estimate of drug-likeness (QED) is 0.317. The van der Waals surface area contributed by atoms with Gasteiger partial charge in [-0.15, -0.1) is 11.8 Å². The fourth-order valence-corrected chi connectivity index (χ4v) is 4.21. The molecule has 1 aliphatic rings. The van der Waals surface area contributed by atoms with E-state index in [4.69, 9.17) is 18.9 Å². The van der Waals surface area contributed by atoms with Crippen LogP contribution in [0.25, 0.3) is 0 Å². The molecule has 1 aliphatic heterocycles. The molecule has 5 heteroatoms. The summed E-state index contributed by atoms with van der Waals surface area (Å²) < 4.78 is 22.7. The molecule has 1 unspecified atom stereocenters. The van der Waals surface area contributed by atoms with Gasteiger partial charge in [-0.3, -0.25) is 0 Å². The van der Waals surface area contributed by atoms with E-state index in [9.17, 15) is 0 Å². The monoisotopic (exact) mass is 428 g/mol. The number of thioether (sulfide) groups is 1. The van der Waals surface area contributed by atoms with E-state index >= 15 is 0 Å². The van der Waals surface area contributed by atoms with Crippen LogP contribution in [0.3, 0.4) is 0 Å². The Morgan fingerprint density at radius 1 is 1.07 bits per heavy atom. The summed E-state index contributed by atoms with van der Waals surface area (Å²) in [7, 11) is 0. The molecule has 3 rings (SSSR count). The van der Waals surface area contributed by atoms with Crippen molar-refractivity contribution in [2.24, 2.45) is 5.92 Å². The molecule has 0 aromatic heterocycles. The fourth-order valence-electron chi connectivity index (χ4n) is 3.12. The van der Waals surface area contributed by atoms with Crippen LogP contribution in [-0.2, 0) is 9.47 Å². The Hall–Kier alpha value is -1.95. The van der Waals surface area contributed by atoms with Crippen LogP contribution in [0.1, 0.15) is 31.4 Å². The van der Waals surface area contributed by atoms with Crippen molar-refractivity contribution < 1.29 is 18.9 Å². The second kappa shape index (κ2) is 11.4. The number of ether oxygens (including phenoxy) is 4. The van der Waals surface area contributed by atoms with Gasteiger partial charge in [0.15, 0.2) is 12.6 Å². The molecule has 1 atom stereocenters. The molecular formula is C25H32O4S. The van der Waals surface area contributed by atoms with Gasteiger partial charge >= 0.3 is 0 Å². The summed E-state index contributed by atoms with van der Waals surface area (Å²) in [5, 5.41) is 0. The second-order valence-corrected chi connectivity index (χ2v) is 8.71. The Labute approximate surface area is 184 Å². The first-order valence-corrected chi connectivity index (χ1v) is 11.5. The number of rotatable bonds is 11. The normalized spacial score (nSPS) is 19.5. The minimum Gasteiger partial charge on any atom is -0.493 e. The van der Waals surface area contributed by atoms with Gasteiger partial charge in [0.05, 0.1) is 6.61 Å². The Balaban J connectivity index is 1.49. The fraction of sp³-hybridized carbons (Fsp3) is 0.440. The van der Waals surface area contributed by atoms with Crippen molar-refractivity contribution in [2.75, 3.05) is 19.0 Å². The predicted octanol–water partition coefficient (Wildman–Crippen LogP) is 6.15. The maximum Gasteiger partial charge on any atom is 0.197 e. The average molecular weight is 429 g/mol. The van der Waals surface area contributed by atoms with Crippen LogP contribution in [0.15, 0.2) is 59.5 Å². The molecule has 0 radical (unpaired) electrons. The number of allylic oxidation sites excluding steroid dienone is 2. The highest BCUT2D eigenvalue weighted by atomic mass is 32.2. The van der Waals surface area contributed by atoms with Gasteiger partial charge in [0.2, 0.25) is 0 Å². The smallest absolute Gasteiger partial charge is 0.197 e. The Morgan fingerprint density at radius 3 is 2.50 bits per heavy atom. The maximum atomic E-state index is 6.04. The minimum atomic E-state index is -0.255. The molecule has 0 N–H and O–H groups in total. The largest absolute Gasteiger partial charge is 0.493 e. The van der Waals surface area contributed by atoms with Gasteiger partial charge in [-0.25, -0.2) is 0 Å². The summed E-state index contributed by atoms with van der Waals surface area (Å²) in [6, 6.07) is 14.6. The van der Waals surface area contributed by atoms with E-state index < -0.39 is 0 Å². The van der Waals surface area contributed by atoms with E-state index in [1.807, 2.05) is 36.9 Å². The predicted molar refractivity (Wildman–Crippen MR) is 122 cm³/mol. The van der Waals surface area contributed by atoms with E-state index in [0.29, 0.717) is 19.1 Å². The molecule has 1 fully saturated rings. The Morgan fingerprint density at radius 2 is 1.83 bits per heavy atom. The highest BCUT2D eigenvalue weighted by Gasteiger charge is 2.27. The van der Waals surface area contributed by atoms with Gasteiger partial charge in [0.1, 0.15) is 18.1 Å².